The van der Waals surface area contributed by atoms with E-state index in [1.165, 1.54) is 0 Å². The highest BCUT2D eigenvalue weighted by molar-refractivity contribution is 7.89. The summed E-state index contributed by atoms with van der Waals surface area (Å²) in [5.41, 5.74) is 7.42. The number of amides is 1. The molecule has 1 aromatic rings. The zero-order valence-corrected chi connectivity index (χ0v) is 17.2. The van der Waals surface area contributed by atoms with Crippen molar-refractivity contribution in [3.8, 4) is 0 Å². The molecule has 11 nitrogen and oxygen atoms in total. The third-order valence-electron chi connectivity index (χ3n) is 4.27. The molecule has 0 radical (unpaired) electrons. The first-order chi connectivity index (χ1) is 14.1. The molecular weight excluding hydrogens is 414 g/mol. The molecule has 0 saturated carbocycles. The minimum Gasteiger partial charge on any atom is -0.480 e. The van der Waals surface area contributed by atoms with E-state index in [4.69, 9.17) is 16.0 Å². The van der Waals surface area contributed by atoms with E-state index in [2.05, 4.69) is 15.2 Å². The normalized spacial score (nSPS) is 17.0. The van der Waals surface area contributed by atoms with Crippen LogP contribution >= 0.6 is 0 Å². The first-order valence-corrected chi connectivity index (χ1v) is 10.9. The van der Waals surface area contributed by atoms with E-state index < -0.39 is 34.0 Å². The average molecular weight is 439 g/mol. The summed E-state index contributed by atoms with van der Waals surface area (Å²) in [4.78, 5) is 28.7. The summed E-state index contributed by atoms with van der Waals surface area (Å²) in [7, 11) is -3.74. The number of nitrogen functional groups attached to an aromatic ring is 1. The van der Waals surface area contributed by atoms with E-state index in [1.54, 1.807) is 31.2 Å². The summed E-state index contributed by atoms with van der Waals surface area (Å²) in [5, 5.41) is 23.0. The Bertz CT molecular complexity index is 929. The smallest absolute Gasteiger partial charge is 0.323 e. The first kappa shape index (κ1) is 23.3. The van der Waals surface area contributed by atoms with Gasteiger partial charge in [0.05, 0.1) is 17.9 Å². The Balaban J connectivity index is 1.84. The van der Waals surface area contributed by atoms with E-state index in [-0.39, 0.29) is 24.6 Å². The molecule has 2 rings (SSSR count). The van der Waals surface area contributed by atoms with Crippen LogP contribution in [0.2, 0.25) is 0 Å². The molecule has 2 atom stereocenters. The maximum absolute atomic E-state index is 12.1. The number of benzene rings is 1. The van der Waals surface area contributed by atoms with Crippen LogP contribution in [0.15, 0.2) is 29.4 Å². The van der Waals surface area contributed by atoms with Crippen LogP contribution in [0.25, 0.3) is 0 Å². The van der Waals surface area contributed by atoms with E-state index in [0.717, 1.165) is 5.56 Å². The number of hydrogen-bond donors (Lipinski definition) is 5. The summed E-state index contributed by atoms with van der Waals surface area (Å²) in [6.07, 6.45) is 0.130. The second kappa shape index (κ2) is 10.2. The number of hydrogen-bond acceptors (Lipinski definition) is 7. The van der Waals surface area contributed by atoms with Crippen molar-refractivity contribution in [1.29, 1.82) is 5.41 Å². The second-order valence-corrected chi connectivity index (χ2v) is 8.67. The Morgan fingerprint density at radius 2 is 2.03 bits per heavy atom. The van der Waals surface area contributed by atoms with Crippen LogP contribution in [0.1, 0.15) is 37.3 Å². The summed E-state index contributed by atoms with van der Waals surface area (Å²) >= 11 is 0. The van der Waals surface area contributed by atoms with Gasteiger partial charge in [-0.1, -0.05) is 36.3 Å². The van der Waals surface area contributed by atoms with Crippen LogP contribution in [0, 0.1) is 5.41 Å². The number of nitrogens with two attached hydrogens (primary N) is 1. The predicted octanol–water partition coefficient (Wildman–Crippen LogP) is -0.247. The number of amidine groups is 1. The first-order valence-electron chi connectivity index (χ1n) is 9.28. The monoisotopic (exact) mass is 439 g/mol. The summed E-state index contributed by atoms with van der Waals surface area (Å²) in [6, 6.07) is 5.42. The van der Waals surface area contributed by atoms with Crippen molar-refractivity contribution >= 4 is 33.4 Å². The average Bonchev–Trinajstić information content (AvgIpc) is 3.13. The van der Waals surface area contributed by atoms with Crippen molar-refractivity contribution in [2.24, 2.45) is 10.9 Å². The lowest BCUT2D eigenvalue weighted by Gasteiger charge is -2.16. The molecule has 1 aliphatic heterocycles. The lowest BCUT2D eigenvalue weighted by atomic mass is 10.0. The summed E-state index contributed by atoms with van der Waals surface area (Å²) in [5.74, 6) is -2.11. The summed E-state index contributed by atoms with van der Waals surface area (Å²) < 4.78 is 25.6. The van der Waals surface area contributed by atoms with Gasteiger partial charge in [-0.15, -0.1) is 0 Å². The zero-order chi connectivity index (χ0) is 22.3. The molecule has 0 fully saturated rings. The van der Waals surface area contributed by atoms with Crippen LogP contribution < -0.4 is 15.8 Å². The number of carbonyl (C=O) groups is 2. The molecule has 0 saturated heterocycles. The number of carboxylic acid groups (broad SMARTS) is 1. The Morgan fingerprint density at radius 1 is 1.37 bits per heavy atom. The number of sulfonamides is 1. The minimum atomic E-state index is -3.74. The molecule has 164 valence electrons. The van der Waals surface area contributed by atoms with Gasteiger partial charge in [0.1, 0.15) is 18.0 Å². The van der Waals surface area contributed by atoms with Gasteiger partial charge in [0.2, 0.25) is 15.9 Å². The van der Waals surface area contributed by atoms with Crippen LogP contribution in [0.3, 0.4) is 0 Å². The Morgan fingerprint density at radius 3 is 2.60 bits per heavy atom. The van der Waals surface area contributed by atoms with Crippen molar-refractivity contribution in [3.05, 3.63) is 35.4 Å². The van der Waals surface area contributed by atoms with Crippen LogP contribution in [-0.2, 0) is 24.4 Å². The van der Waals surface area contributed by atoms with Gasteiger partial charge in [-0.05, 0) is 12.0 Å². The van der Waals surface area contributed by atoms with Gasteiger partial charge in [-0.25, -0.2) is 8.42 Å². The zero-order valence-electron chi connectivity index (χ0n) is 16.4. The highest BCUT2D eigenvalue weighted by atomic mass is 32.2. The van der Waals surface area contributed by atoms with Gasteiger partial charge in [0, 0.05) is 18.5 Å². The molecule has 1 aliphatic rings. The molecule has 0 unspecified atom stereocenters. The highest BCUT2D eigenvalue weighted by Crippen LogP contribution is 2.19. The molecule has 12 heteroatoms. The number of oxime groups is 1. The molecule has 0 aliphatic carbocycles. The highest BCUT2D eigenvalue weighted by Gasteiger charge is 2.27. The summed E-state index contributed by atoms with van der Waals surface area (Å²) in [6.45, 7) is 1.27. The number of aliphatic carboxylic acids is 1. The van der Waals surface area contributed by atoms with E-state index >= 15 is 0 Å². The van der Waals surface area contributed by atoms with Crippen molar-refractivity contribution in [2.45, 2.75) is 38.3 Å². The number of carboxylic acids is 1. The van der Waals surface area contributed by atoms with Gasteiger partial charge in [0.25, 0.3) is 0 Å². The predicted molar refractivity (Wildman–Crippen MR) is 110 cm³/mol. The molecule has 30 heavy (non-hydrogen) atoms. The van der Waals surface area contributed by atoms with Gasteiger partial charge in [0.15, 0.2) is 0 Å². The number of nitrogens with one attached hydrogen (secondary N) is 3. The maximum Gasteiger partial charge on any atom is 0.323 e. The van der Waals surface area contributed by atoms with E-state index in [9.17, 15) is 23.1 Å². The van der Waals surface area contributed by atoms with Crippen molar-refractivity contribution in [1.82, 2.24) is 10.0 Å². The van der Waals surface area contributed by atoms with Gasteiger partial charge in [-0.3, -0.25) is 15.0 Å². The van der Waals surface area contributed by atoms with Crippen molar-refractivity contribution < 1.29 is 28.0 Å². The Labute approximate surface area is 174 Å². The minimum absolute atomic E-state index is 0.0441. The second-order valence-electron chi connectivity index (χ2n) is 6.80. The number of carbonyl (C=O) groups excluding carboxylic acids is 1. The fourth-order valence-electron chi connectivity index (χ4n) is 2.77. The lowest BCUT2D eigenvalue weighted by molar-refractivity contribution is -0.138. The molecule has 1 aromatic carbocycles. The van der Waals surface area contributed by atoms with Crippen LogP contribution in [0.5, 0.6) is 0 Å². The molecule has 0 aromatic heterocycles. The Hall–Kier alpha value is -2.99. The van der Waals surface area contributed by atoms with Crippen molar-refractivity contribution in [3.63, 3.8) is 0 Å². The molecule has 1 amide bonds. The molecule has 1 heterocycles. The van der Waals surface area contributed by atoms with Gasteiger partial charge >= 0.3 is 5.97 Å². The fourth-order valence-corrected chi connectivity index (χ4v) is 4.04. The molecule has 6 N–H and O–H groups in total. The lowest BCUT2D eigenvalue weighted by Crippen LogP contribution is -2.49. The third-order valence-corrected chi connectivity index (χ3v) is 5.86. The molecule has 0 spiro atoms. The third kappa shape index (κ3) is 6.81. The van der Waals surface area contributed by atoms with Gasteiger partial charge < -0.3 is 21.0 Å². The van der Waals surface area contributed by atoms with Gasteiger partial charge in [-0.2, -0.15) is 4.72 Å². The quantitative estimate of drug-likeness (QED) is 0.232. The fraction of sp³-hybridized carbons (Fsp3) is 0.444. The van der Waals surface area contributed by atoms with Crippen LogP contribution in [-0.4, -0.2) is 61.4 Å². The Kier molecular flexibility index (Phi) is 7.89. The number of rotatable bonds is 11. The maximum atomic E-state index is 12.1. The largest absolute Gasteiger partial charge is 0.480 e. The van der Waals surface area contributed by atoms with Crippen LogP contribution in [0.4, 0.5) is 0 Å². The topological polar surface area (TPSA) is 184 Å². The van der Waals surface area contributed by atoms with E-state index in [0.29, 0.717) is 24.1 Å². The standard InChI is InChI=1S/C18H25N5O6S/c1-2-7-30(27,28)23-15(18(25)26)10-21-16(24)9-13-8-14(22-29-13)11-3-5-12(6-4-11)17(19)20/h3-6,13,15,23H,2,7-10H2,1H3,(H3,19,20)(H,21,24)(H,25,26)/t13-,15+/m1/s1. The van der Waals surface area contributed by atoms with E-state index in [1.807, 2.05) is 0 Å². The SMILES string of the molecule is CCCS(=O)(=O)N[C@@H](CNC(=O)C[C@H]1CC(c2ccc(C(=N)N)cc2)=NO1)C(=O)O. The molecular formula is C18H25N5O6S. The van der Waals surface area contributed by atoms with Crippen molar-refractivity contribution in [2.75, 3.05) is 12.3 Å². The molecule has 0 bridgehead atoms. The number of nitrogens with zero attached hydrogens (tertiary/aromatic N) is 1.